The fourth-order valence-electron chi connectivity index (χ4n) is 2.01. The molecule has 0 bridgehead atoms. The van der Waals surface area contributed by atoms with E-state index in [4.69, 9.17) is 5.73 Å². The number of nitrogens with zero attached hydrogens (tertiary/aromatic N) is 5. The molecule has 2 heterocycles. The summed E-state index contributed by atoms with van der Waals surface area (Å²) in [7, 11) is 3.93. The minimum atomic E-state index is 0.165. The number of rotatable bonds is 5. The van der Waals surface area contributed by atoms with Gasteiger partial charge in [0.1, 0.15) is 10.9 Å². The second-order valence-corrected chi connectivity index (χ2v) is 6.01. The van der Waals surface area contributed by atoms with Gasteiger partial charge in [0, 0.05) is 25.7 Å². The predicted octanol–water partition coefficient (Wildman–Crippen LogP) is 1.60. The minimum Gasteiger partial charge on any atom is -0.327 e. The molecule has 0 aromatic carbocycles. The molecule has 0 aliphatic carbocycles. The number of aromatic nitrogens is 5. The summed E-state index contributed by atoms with van der Waals surface area (Å²) in [6.45, 7) is 6.08. The quantitative estimate of drug-likeness (QED) is 0.906. The van der Waals surface area contributed by atoms with Crippen molar-refractivity contribution in [2.75, 3.05) is 0 Å². The molecule has 0 fully saturated rings. The SMILES string of the molecule is CCC(N)Cc1c(C)nn(C)c1Sc1nnc(C)n1C. The first kappa shape index (κ1) is 15.1. The molecule has 20 heavy (non-hydrogen) atoms. The fraction of sp³-hybridized carbons (Fsp3) is 0.615. The smallest absolute Gasteiger partial charge is 0.197 e. The molecule has 0 saturated heterocycles. The fourth-order valence-corrected chi connectivity index (χ4v) is 3.06. The lowest BCUT2D eigenvalue weighted by atomic mass is 10.1. The second-order valence-electron chi connectivity index (χ2n) is 5.06. The Balaban J connectivity index is 2.33. The van der Waals surface area contributed by atoms with Crippen LogP contribution in [-0.2, 0) is 20.5 Å². The van der Waals surface area contributed by atoms with Crippen molar-refractivity contribution in [3.05, 3.63) is 17.1 Å². The summed E-state index contributed by atoms with van der Waals surface area (Å²) in [5, 5.41) is 14.8. The highest BCUT2D eigenvalue weighted by atomic mass is 32.2. The van der Waals surface area contributed by atoms with Gasteiger partial charge in [-0.05, 0) is 38.5 Å². The number of hydrogen-bond acceptors (Lipinski definition) is 5. The van der Waals surface area contributed by atoms with Crippen molar-refractivity contribution < 1.29 is 0 Å². The van der Waals surface area contributed by atoms with Gasteiger partial charge >= 0.3 is 0 Å². The van der Waals surface area contributed by atoms with Crippen LogP contribution in [0.4, 0.5) is 0 Å². The third kappa shape index (κ3) is 2.88. The van der Waals surface area contributed by atoms with Crippen molar-refractivity contribution in [1.29, 1.82) is 0 Å². The predicted molar refractivity (Wildman–Crippen MR) is 79.8 cm³/mol. The molecular formula is C13H22N6S. The van der Waals surface area contributed by atoms with E-state index in [1.807, 2.05) is 37.2 Å². The average Bonchev–Trinajstić information content (AvgIpc) is 2.85. The summed E-state index contributed by atoms with van der Waals surface area (Å²) < 4.78 is 3.89. The zero-order valence-corrected chi connectivity index (χ0v) is 13.5. The van der Waals surface area contributed by atoms with Gasteiger partial charge in [0.05, 0.1) is 5.69 Å². The molecule has 7 heteroatoms. The standard InChI is InChI=1S/C13H22N6S/c1-6-10(14)7-11-8(2)17-19(5)12(11)20-13-16-15-9(3)18(13)4/h10H,6-7,14H2,1-5H3. The molecule has 110 valence electrons. The van der Waals surface area contributed by atoms with Crippen molar-refractivity contribution in [2.24, 2.45) is 19.8 Å². The molecule has 0 aliphatic heterocycles. The Morgan fingerprint density at radius 1 is 1.25 bits per heavy atom. The van der Waals surface area contributed by atoms with Crippen LogP contribution in [0.2, 0.25) is 0 Å². The normalized spacial score (nSPS) is 12.9. The van der Waals surface area contributed by atoms with E-state index < -0.39 is 0 Å². The molecule has 1 atom stereocenters. The maximum Gasteiger partial charge on any atom is 0.197 e. The van der Waals surface area contributed by atoms with Gasteiger partial charge in [0.25, 0.3) is 0 Å². The van der Waals surface area contributed by atoms with Gasteiger partial charge < -0.3 is 10.3 Å². The molecule has 0 saturated carbocycles. The van der Waals surface area contributed by atoms with Gasteiger partial charge in [0.2, 0.25) is 0 Å². The molecule has 2 N–H and O–H groups in total. The van der Waals surface area contributed by atoms with Crippen molar-refractivity contribution >= 4 is 11.8 Å². The van der Waals surface area contributed by atoms with Crippen LogP contribution in [0.25, 0.3) is 0 Å². The Hall–Kier alpha value is -1.34. The summed E-state index contributed by atoms with van der Waals surface area (Å²) >= 11 is 1.60. The zero-order chi connectivity index (χ0) is 14.9. The second kappa shape index (κ2) is 5.97. The Morgan fingerprint density at radius 3 is 2.50 bits per heavy atom. The monoisotopic (exact) mass is 294 g/mol. The van der Waals surface area contributed by atoms with E-state index in [1.165, 1.54) is 5.56 Å². The van der Waals surface area contributed by atoms with Crippen molar-refractivity contribution in [2.45, 2.75) is 49.8 Å². The Kier molecular flexibility index (Phi) is 4.49. The maximum atomic E-state index is 6.10. The van der Waals surface area contributed by atoms with Crippen molar-refractivity contribution in [1.82, 2.24) is 24.5 Å². The van der Waals surface area contributed by atoms with Gasteiger partial charge in [-0.25, -0.2) is 0 Å². The van der Waals surface area contributed by atoms with Crippen LogP contribution >= 0.6 is 11.8 Å². The van der Waals surface area contributed by atoms with E-state index in [2.05, 4.69) is 22.2 Å². The lowest BCUT2D eigenvalue weighted by molar-refractivity contribution is 0.630. The van der Waals surface area contributed by atoms with Gasteiger partial charge in [-0.3, -0.25) is 4.68 Å². The minimum absolute atomic E-state index is 0.165. The third-order valence-electron chi connectivity index (χ3n) is 3.52. The maximum absolute atomic E-state index is 6.10. The first-order chi connectivity index (χ1) is 9.43. The molecule has 0 radical (unpaired) electrons. The topological polar surface area (TPSA) is 74.6 Å². The van der Waals surface area contributed by atoms with Crippen LogP contribution in [0.1, 0.15) is 30.4 Å². The highest BCUT2D eigenvalue weighted by Crippen LogP contribution is 2.31. The van der Waals surface area contributed by atoms with Crippen LogP contribution in [0.5, 0.6) is 0 Å². The first-order valence-electron chi connectivity index (χ1n) is 6.75. The van der Waals surface area contributed by atoms with E-state index in [0.717, 1.165) is 34.5 Å². The van der Waals surface area contributed by atoms with Crippen LogP contribution in [0.15, 0.2) is 10.2 Å². The summed E-state index contributed by atoms with van der Waals surface area (Å²) in [5.74, 6) is 0.901. The number of aryl methyl sites for hydroxylation is 3. The Labute approximate surface area is 123 Å². The summed E-state index contributed by atoms with van der Waals surface area (Å²) in [4.78, 5) is 0. The molecular weight excluding hydrogens is 272 g/mol. The van der Waals surface area contributed by atoms with Crippen LogP contribution in [-0.4, -0.2) is 30.6 Å². The van der Waals surface area contributed by atoms with E-state index in [9.17, 15) is 0 Å². The van der Waals surface area contributed by atoms with Gasteiger partial charge in [0.15, 0.2) is 5.16 Å². The molecule has 6 nitrogen and oxygen atoms in total. The lowest BCUT2D eigenvalue weighted by Gasteiger charge is -2.10. The summed E-state index contributed by atoms with van der Waals surface area (Å²) in [6.07, 6.45) is 1.80. The van der Waals surface area contributed by atoms with E-state index in [0.29, 0.717) is 0 Å². The Bertz CT molecular complexity index is 600. The van der Waals surface area contributed by atoms with E-state index in [1.54, 1.807) is 11.8 Å². The molecule has 2 rings (SSSR count). The largest absolute Gasteiger partial charge is 0.327 e. The average molecular weight is 294 g/mol. The van der Waals surface area contributed by atoms with Crippen LogP contribution < -0.4 is 5.73 Å². The number of nitrogens with two attached hydrogens (primary N) is 1. The zero-order valence-electron chi connectivity index (χ0n) is 12.7. The third-order valence-corrected chi connectivity index (χ3v) is 4.76. The summed E-state index contributed by atoms with van der Waals surface area (Å²) in [5.41, 5.74) is 8.35. The number of hydrogen-bond donors (Lipinski definition) is 1. The Morgan fingerprint density at radius 2 is 1.95 bits per heavy atom. The molecule has 2 aromatic rings. The van der Waals surface area contributed by atoms with Gasteiger partial charge in [-0.2, -0.15) is 5.10 Å². The van der Waals surface area contributed by atoms with Crippen LogP contribution in [0.3, 0.4) is 0 Å². The molecule has 1 unspecified atom stereocenters. The molecule has 0 amide bonds. The summed E-state index contributed by atoms with van der Waals surface area (Å²) in [6, 6.07) is 0.165. The van der Waals surface area contributed by atoms with Crippen molar-refractivity contribution in [3.8, 4) is 0 Å². The lowest BCUT2D eigenvalue weighted by Crippen LogP contribution is -2.22. The van der Waals surface area contributed by atoms with Gasteiger partial charge in [-0.1, -0.05) is 6.92 Å². The van der Waals surface area contributed by atoms with Crippen molar-refractivity contribution in [3.63, 3.8) is 0 Å². The molecule has 2 aromatic heterocycles. The van der Waals surface area contributed by atoms with E-state index in [-0.39, 0.29) is 6.04 Å². The van der Waals surface area contributed by atoms with Gasteiger partial charge in [-0.15, -0.1) is 10.2 Å². The van der Waals surface area contributed by atoms with Crippen LogP contribution in [0, 0.1) is 13.8 Å². The van der Waals surface area contributed by atoms with E-state index >= 15 is 0 Å². The highest BCUT2D eigenvalue weighted by Gasteiger charge is 2.19. The molecule has 0 spiro atoms. The molecule has 0 aliphatic rings. The highest BCUT2D eigenvalue weighted by molar-refractivity contribution is 7.99. The first-order valence-corrected chi connectivity index (χ1v) is 7.57.